The highest BCUT2D eigenvalue weighted by molar-refractivity contribution is 6.12. The molecule has 7 nitrogen and oxygen atoms in total. The van der Waals surface area contributed by atoms with E-state index in [2.05, 4.69) is 5.32 Å². The van der Waals surface area contributed by atoms with Gasteiger partial charge >= 0.3 is 11.9 Å². The molecule has 2 aliphatic rings. The van der Waals surface area contributed by atoms with Gasteiger partial charge in [0.05, 0.1) is 19.8 Å². The highest BCUT2D eigenvalue weighted by Crippen LogP contribution is 2.45. The van der Waals surface area contributed by atoms with Crippen molar-refractivity contribution in [2.24, 2.45) is 11.8 Å². The van der Waals surface area contributed by atoms with Crippen LogP contribution in [0.2, 0.25) is 0 Å². The van der Waals surface area contributed by atoms with Crippen LogP contribution in [-0.2, 0) is 30.5 Å². The predicted molar refractivity (Wildman–Crippen MR) is 129 cm³/mol. The summed E-state index contributed by atoms with van der Waals surface area (Å²) in [5, 5.41) is 3.19. The molecule has 188 valence electrons. The van der Waals surface area contributed by atoms with Crippen molar-refractivity contribution in [1.29, 1.82) is 0 Å². The Bertz CT molecular complexity index is 1260. The Morgan fingerprint density at radius 1 is 1.11 bits per heavy atom. The van der Waals surface area contributed by atoms with Crippen LogP contribution in [0, 0.1) is 17.7 Å². The molecule has 8 heteroatoms. The molecule has 1 aliphatic carbocycles. The van der Waals surface area contributed by atoms with Gasteiger partial charge in [0.2, 0.25) is 0 Å². The number of esters is 2. The van der Waals surface area contributed by atoms with Crippen LogP contribution in [0.1, 0.15) is 37.3 Å². The van der Waals surface area contributed by atoms with Crippen molar-refractivity contribution in [2.45, 2.75) is 32.8 Å². The summed E-state index contributed by atoms with van der Waals surface area (Å²) < 4.78 is 30.0. The van der Waals surface area contributed by atoms with E-state index in [-0.39, 0.29) is 23.7 Å². The lowest BCUT2D eigenvalue weighted by atomic mass is 9.69. The van der Waals surface area contributed by atoms with Crippen molar-refractivity contribution in [3.05, 3.63) is 88.0 Å². The molecule has 1 aliphatic heterocycles. The van der Waals surface area contributed by atoms with E-state index in [1.165, 1.54) is 25.3 Å². The SMILES string of the molecule is COC(=O)C1C(=O)C2=C(CC1C)NC(C)=C(C(=O)OCc1ccc(OC)cc1)C2c1cccc(F)c1. The molecule has 3 unspecified atom stereocenters. The molecule has 0 radical (unpaired) electrons. The fourth-order valence-corrected chi connectivity index (χ4v) is 4.92. The third-order valence-corrected chi connectivity index (χ3v) is 6.67. The summed E-state index contributed by atoms with van der Waals surface area (Å²) in [6.07, 6.45) is 0.401. The molecule has 2 aromatic rings. The molecular formula is C28H28FNO6. The molecule has 0 spiro atoms. The molecular weight excluding hydrogens is 465 g/mol. The number of hydrogen-bond donors (Lipinski definition) is 1. The molecule has 0 bridgehead atoms. The molecule has 36 heavy (non-hydrogen) atoms. The van der Waals surface area contributed by atoms with Crippen LogP contribution in [-0.4, -0.2) is 31.9 Å². The highest BCUT2D eigenvalue weighted by Gasteiger charge is 2.47. The van der Waals surface area contributed by atoms with Crippen molar-refractivity contribution in [3.8, 4) is 5.75 Å². The van der Waals surface area contributed by atoms with Crippen molar-refractivity contribution in [3.63, 3.8) is 0 Å². The zero-order valence-corrected chi connectivity index (χ0v) is 20.6. The molecule has 2 aromatic carbocycles. The van der Waals surface area contributed by atoms with Gasteiger partial charge in [0.25, 0.3) is 0 Å². The van der Waals surface area contributed by atoms with E-state index >= 15 is 0 Å². The molecule has 0 amide bonds. The number of Topliss-reactive ketones (excluding diaryl/α,β-unsaturated/α-hetero) is 1. The van der Waals surface area contributed by atoms with Crippen LogP contribution in [0.4, 0.5) is 4.39 Å². The van der Waals surface area contributed by atoms with Crippen molar-refractivity contribution >= 4 is 17.7 Å². The number of rotatable bonds is 6. The van der Waals surface area contributed by atoms with Gasteiger partial charge in [0, 0.05) is 22.9 Å². The summed E-state index contributed by atoms with van der Waals surface area (Å²) in [7, 11) is 2.80. The second-order valence-corrected chi connectivity index (χ2v) is 9.01. The van der Waals surface area contributed by atoms with Crippen LogP contribution in [0.3, 0.4) is 0 Å². The molecule has 3 atom stereocenters. The summed E-state index contributed by atoms with van der Waals surface area (Å²) in [6, 6.07) is 12.9. The third kappa shape index (κ3) is 4.76. The van der Waals surface area contributed by atoms with Crippen LogP contribution in [0.25, 0.3) is 0 Å². The summed E-state index contributed by atoms with van der Waals surface area (Å²) in [5.41, 5.74) is 2.76. The minimum Gasteiger partial charge on any atom is -0.497 e. The van der Waals surface area contributed by atoms with Gasteiger partial charge in [-0.25, -0.2) is 9.18 Å². The van der Waals surface area contributed by atoms with E-state index in [1.54, 1.807) is 51.3 Å². The Kier molecular flexibility index (Phi) is 7.24. The lowest BCUT2D eigenvalue weighted by Gasteiger charge is -2.38. The first-order chi connectivity index (χ1) is 17.2. The fourth-order valence-electron chi connectivity index (χ4n) is 4.92. The lowest BCUT2D eigenvalue weighted by molar-refractivity contribution is -0.151. The number of nitrogens with one attached hydrogen (secondary N) is 1. The number of hydrogen-bond acceptors (Lipinski definition) is 7. The van der Waals surface area contributed by atoms with E-state index in [0.29, 0.717) is 29.1 Å². The Labute approximate surface area is 208 Å². The summed E-state index contributed by atoms with van der Waals surface area (Å²) in [5.74, 6) is -3.75. The summed E-state index contributed by atoms with van der Waals surface area (Å²) >= 11 is 0. The third-order valence-electron chi connectivity index (χ3n) is 6.67. The zero-order valence-electron chi connectivity index (χ0n) is 20.6. The number of benzene rings is 2. The lowest BCUT2D eigenvalue weighted by Crippen LogP contribution is -2.43. The summed E-state index contributed by atoms with van der Waals surface area (Å²) in [4.78, 5) is 39.6. The molecule has 1 heterocycles. The van der Waals surface area contributed by atoms with Crippen LogP contribution < -0.4 is 10.1 Å². The van der Waals surface area contributed by atoms with Crippen LogP contribution in [0.5, 0.6) is 5.75 Å². The topological polar surface area (TPSA) is 90.9 Å². The normalized spacial score (nSPS) is 21.5. The van der Waals surface area contributed by atoms with E-state index in [0.717, 1.165) is 5.56 Å². The van der Waals surface area contributed by atoms with Crippen molar-refractivity contribution in [2.75, 3.05) is 14.2 Å². The van der Waals surface area contributed by atoms with E-state index in [4.69, 9.17) is 14.2 Å². The van der Waals surface area contributed by atoms with Gasteiger partial charge in [-0.3, -0.25) is 9.59 Å². The van der Waals surface area contributed by atoms with Gasteiger partial charge in [0.1, 0.15) is 24.1 Å². The second kappa shape index (κ2) is 10.4. The molecule has 1 N–H and O–H groups in total. The number of methoxy groups -OCH3 is 2. The monoisotopic (exact) mass is 493 g/mol. The zero-order chi connectivity index (χ0) is 26.0. The number of carbonyl (C=O) groups excluding carboxylic acids is 3. The van der Waals surface area contributed by atoms with Crippen molar-refractivity contribution in [1.82, 2.24) is 5.32 Å². The average Bonchev–Trinajstić information content (AvgIpc) is 2.86. The largest absolute Gasteiger partial charge is 0.497 e. The average molecular weight is 494 g/mol. The van der Waals surface area contributed by atoms with Gasteiger partial charge in [-0.2, -0.15) is 0 Å². The summed E-state index contributed by atoms with van der Waals surface area (Å²) in [6.45, 7) is 3.53. The maximum atomic E-state index is 14.3. The molecule has 0 saturated heterocycles. The standard InChI is InChI=1S/C28H28FNO6/c1-15-12-21-25(26(31)22(15)27(32)35-4)24(18-6-5-7-19(29)13-18)23(16(2)30-21)28(33)36-14-17-8-10-20(34-3)11-9-17/h5-11,13,15,22,24,30H,12,14H2,1-4H3. The van der Waals surface area contributed by atoms with Gasteiger partial charge in [-0.1, -0.05) is 31.2 Å². The minimum atomic E-state index is -1.01. The van der Waals surface area contributed by atoms with Gasteiger partial charge < -0.3 is 19.5 Å². The number of ketones is 1. The Balaban J connectivity index is 1.72. The van der Waals surface area contributed by atoms with Gasteiger partial charge in [-0.05, 0) is 54.7 Å². The van der Waals surface area contributed by atoms with Gasteiger partial charge in [-0.15, -0.1) is 0 Å². The smallest absolute Gasteiger partial charge is 0.337 e. The fraction of sp³-hybridized carbons (Fsp3) is 0.321. The second-order valence-electron chi connectivity index (χ2n) is 9.01. The molecule has 0 saturated carbocycles. The quantitative estimate of drug-likeness (QED) is 0.477. The van der Waals surface area contributed by atoms with Crippen LogP contribution in [0.15, 0.2) is 71.1 Å². The maximum Gasteiger partial charge on any atom is 0.337 e. The number of allylic oxidation sites excluding steroid dienone is 3. The Morgan fingerprint density at radius 2 is 1.83 bits per heavy atom. The van der Waals surface area contributed by atoms with E-state index in [1.807, 2.05) is 0 Å². The van der Waals surface area contributed by atoms with E-state index in [9.17, 15) is 18.8 Å². The highest BCUT2D eigenvalue weighted by atomic mass is 19.1. The molecule has 0 aromatic heterocycles. The van der Waals surface area contributed by atoms with Crippen molar-refractivity contribution < 1.29 is 33.0 Å². The first-order valence-electron chi connectivity index (χ1n) is 11.6. The van der Waals surface area contributed by atoms with E-state index < -0.39 is 35.4 Å². The van der Waals surface area contributed by atoms with Crippen LogP contribution >= 0.6 is 0 Å². The number of halogens is 1. The molecule has 4 rings (SSSR count). The predicted octanol–water partition coefficient (Wildman–Crippen LogP) is 4.19. The number of carbonyl (C=O) groups is 3. The molecule has 0 fully saturated rings. The minimum absolute atomic E-state index is 0.00283. The number of dihydropyridines is 1. The first-order valence-corrected chi connectivity index (χ1v) is 11.6. The number of ether oxygens (including phenoxy) is 3. The van der Waals surface area contributed by atoms with Gasteiger partial charge in [0.15, 0.2) is 5.78 Å². The first kappa shape index (κ1) is 25.2. The Morgan fingerprint density at radius 3 is 2.47 bits per heavy atom. The maximum absolute atomic E-state index is 14.3. The Hall–Kier alpha value is -3.94.